The van der Waals surface area contributed by atoms with Gasteiger partial charge in [0.2, 0.25) is 0 Å². The van der Waals surface area contributed by atoms with E-state index in [0.717, 1.165) is 11.1 Å². The Hall–Kier alpha value is -3.76. The lowest BCUT2D eigenvalue weighted by atomic mass is 10.0. The Morgan fingerprint density at radius 1 is 1.31 bits per heavy atom. The van der Waals surface area contributed by atoms with Crippen LogP contribution in [0.25, 0.3) is 0 Å². The summed E-state index contributed by atoms with van der Waals surface area (Å²) in [6.45, 7) is 2.25. The molecule has 0 bridgehead atoms. The number of fused-ring (bicyclic) bond motifs is 1. The summed E-state index contributed by atoms with van der Waals surface area (Å²) in [6.07, 6.45) is -3.19. The standard InChI is InChI=1S/C22H22N4O6/c1-11-14(22(30)31)3-2-4-16(11)26-7-8-32-18(21(26)29)17(27)20(28)25-13-5-6-15-12(9-13)10-24-19(15)23/h2-6,9,17-18,27H,7-8,10H2,1H3,(H2,23,24)(H,25,28)(H,30,31)/t17-,18?/m1/s1. The normalized spacial score (nSPS) is 18.7. The Kier molecular flexibility index (Phi) is 5.64. The molecule has 2 aromatic carbocycles. The third-order valence-corrected chi connectivity index (χ3v) is 5.57. The van der Waals surface area contributed by atoms with E-state index in [9.17, 15) is 24.6 Å². The van der Waals surface area contributed by atoms with Gasteiger partial charge in [-0.2, -0.15) is 0 Å². The van der Waals surface area contributed by atoms with Crippen molar-refractivity contribution in [2.45, 2.75) is 25.7 Å². The molecule has 2 aliphatic heterocycles. The van der Waals surface area contributed by atoms with Gasteiger partial charge in [0.05, 0.1) is 18.7 Å². The largest absolute Gasteiger partial charge is 0.478 e. The molecule has 1 fully saturated rings. The number of aliphatic hydroxyl groups excluding tert-OH is 1. The number of nitrogens with two attached hydrogens (primary N) is 1. The van der Waals surface area contributed by atoms with Gasteiger partial charge in [-0.25, -0.2) is 4.79 Å². The molecule has 2 amide bonds. The molecule has 32 heavy (non-hydrogen) atoms. The van der Waals surface area contributed by atoms with Crippen LogP contribution in [0, 0.1) is 6.92 Å². The number of morpholine rings is 1. The second-order valence-corrected chi connectivity index (χ2v) is 7.54. The lowest BCUT2D eigenvalue weighted by Gasteiger charge is -2.35. The first kappa shape index (κ1) is 21.5. The molecule has 10 heteroatoms. The first-order chi connectivity index (χ1) is 15.3. The second-order valence-electron chi connectivity index (χ2n) is 7.54. The van der Waals surface area contributed by atoms with Crippen molar-refractivity contribution >= 4 is 35.0 Å². The van der Waals surface area contributed by atoms with Crippen molar-refractivity contribution in [1.29, 1.82) is 0 Å². The van der Waals surface area contributed by atoms with Crippen LogP contribution in [0.15, 0.2) is 41.4 Å². The van der Waals surface area contributed by atoms with Gasteiger partial charge in [0, 0.05) is 23.5 Å². The minimum Gasteiger partial charge on any atom is -0.478 e. The minimum atomic E-state index is -1.76. The highest BCUT2D eigenvalue weighted by molar-refractivity contribution is 6.05. The van der Waals surface area contributed by atoms with Crippen LogP contribution in [0.3, 0.4) is 0 Å². The summed E-state index contributed by atoms with van der Waals surface area (Å²) in [6, 6.07) is 9.67. The molecular formula is C22H22N4O6. The molecule has 166 valence electrons. The zero-order valence-electron chi connectivity index (χ0n) is 17.2. The molecule has 2 aliphatic rings. The lowest BCUT2D eigenvalue weighted by molar-refractivity contribution is -0.150. The third-order valence-electron chi connectivity index (χ3n) is 5.57. The monoisotopic (exact) mass is 438 g/mol. The van der Waals surface area contributed by atoms with E-state index in [-0.39, 0.29) is 18.7 Å². The predicted octanol–water partition coefficient (Wildman–Crippen LogP) is 0.644. The lowest BCUT2D eigenvalue weighted by Crippen LogP contribution is -2.55. The first-order valence-corrected chi connectivity index (χ1v) is 9.96. The number of rotatable bonds is 5. The molecule has 2 aromatic rings. The van der Waals surface area contributed by atoms with Crippen molar-refractivity contribution in [3.63, 3.8) is 0 Å². The fraction of sp³-hybridized carbons (Fsp3) is 0.273. The number of aliphatic hydroxyl groups is 1. The van der Waals surface area contributed by atoms with E-state index < -0.39 is 30.0 Å². The minimum absolute atomic E-state index is 0.0675. The Morgan fingerprint density at radius 2 is 2.09 bits per heavy atom. The number of hydrogen-bond acceptors (Lipinski definition) is 7. The number of nitrogens with one attached hydrogen (secondary N) is 1. The molecule has 1 unspecified atom stereocenters. The zero-order chi connectivity index (χ0) is 23.0. The fourth-order valence-electron chi connectivity index (χ4n) is 3.88. The van der Waals surface area contributed by atoms with Gasteiger partial charge in [-0.15, -0.1) is 0 Å². The molecule has 4 rings (SSSR count). The van der Waals surface area contributed by atoms with Crippen LogP contribution in [0.1, 0.15) is 27.0 Å². The van der Waals surface area contributed by atoms with Gasteiger partial charge in [-0.05, 0) is 48.4 Å². The van der Waals surface area contributed by atoms with E-state index >= 15 is 0 Å². The summed E-state index contributed by atoms with van der Waals surface area (Å²) in [4.78, 5) is 42.6. The molecule has 1 saturated heterocycles. The number of nitrogens with zero attached hydrogens (tertiary/aromatic N) is 2. The van der Waals surface area contributed by atoms with Crippen LogP contribution in [-0.4, -0.2) is 59.2 Å². The molecule has 2 heterocycles. The number of amidine groups is 1. The van der Waals surface area contributed by atoms with Crippen molar-refractivity contribution in [1.82, 2.24) is 0 Å². The number of aliphatic imine (C=N–C) groups is 1. The highest BCUT2D eigenvalue weighted by atomic mass is 16.5. The van der Waals surface area contributed by atoms with Gasteiger partial charge >= 0.3 is 5.97 Å². The smallest absolute Gasteiger partial charge is 0.336 e. The summed E-state index contributed by atoms with van der Waals surface area (Å²) in [5.41, 5.74) is 8.74. The number of benzene rings is 2. The number of hydrogen-bond donors (Lipinski definition) is 4. The van der Waals surface area contributed by atoms with E-state index in [0.29, 0.717) is 29.3 Å². The number of carbonyl (C=O) groups is 3. The number of ether oxygens (including phenoxy) is 1. The number of carboxylic acid groups (broad SMARTS) is 1. The summed E-state index contributed by atoms with van der Waals surface area (Å²) in [7, 11) is 0. The quantitative estimate of drug-likeness (QED) is 0.534. The SMILES string of the molecule is Cc1c(C(=O)O)cccc1N1CCOC([C@@H](O)C(=O)Nc2ccc3c(c2)CN=C3N)C1=O. The molecule has 10 nitrogen and oxygen atoms in total. The average Bonchev–Trinajstić information content (AvgIpc) is 3.13. The average molecular weight is 438 g/mol. The Labute approximate surface area is 183 Å². The van der Waals surface area contributed by atoms with Crippen LogP contribution in [-0.2, 0) is 20.9 Å². The summed E-state index contributed by atoms with van der Waals surface area (Å²) >= 11 is 0. The van der Waals surface area contributed by atoms with Gasteiger partial charge in [-0.1, -0.05) is 6.07 Å². The summed E-state index contributed by atoms with van der Waals surface area (Å²) in [5, 5.41) is 22.5. The number of carboxylic acids is 1. The molecule has 0 spiro atoms. The number of carbonyl (C=O) groups excluding carboxylic acids is 2. The van der Waals surface area contributed by atoms with Crippen LogP contribution in [0.2, 0.25) is 0 Å². The van der Waals surface area contributed by atoms with Crippen molar-refractivity contribution in [3.8, 4) is 0 Å². The molecule has 5 N–H and O–H groups in total. The van der Waals surface area contributed by atoms with Crippen molar-refractivity contribution in [2.75, 3.05) is 23.4 Å². The van der Waals surface area contributed by atoms with Crippen molar-refractivity contribution < 1.29 is 29.3 Å². The van der Waals surface area contributed by atoms with E-state index in [1.807, 2.05) is 0 Å². The molecule has 2 atom stereocenters. The van der Waals surface area contributed by atoms with Gasteiger partial charge in [0.15, 0.2) is 12.2 Å². The molecular weight excluding hydrogens is 416 g/mol. The van der Waals surface area contributed by atoms with Gasteiger partial charge in [-0.3, -0.25) is 14.6 Å². The molecule has 0 aliphatic carbocycles. The van der Waals surface area contributed by atoms with E-state index in [4.69, 9.17) is 10.5 Å². The Morgan fingerprint density at radius 3 is 2.84 bits per heavy atom. The van der Waals surface area contributed by atoms with Crippen LogP contribution < -0.4 is 16.0 Å². The first-order valence-electron chi connectivity index (χ1n) is 9.96. The van der Waals surface area contributed by atoms with Crippen LogP contribution >= 0.6 is 0 Å². The van der Waals surface area contributed by atoms with Crippen molar-refractivity contribution in [2.24, 2.45) is 10.7 Å². The summed E-state index contributed by atoms with van der Waals surface area (Å²) < 4.78 is 5.42. The highest BCUT2D eigenvalue weighted by Crippen LogP contribution is 2.27. The fourth-order valence-corrected chi connectivity index (χ4v) is 3.88. The molecule has 0 saturated carbocycles. The van der Waals surface area contributed by atoms with Crippen LogP contribution in [0.5, 0.6) is 0 Å². The number of amides is 2. The van der Waals surface area contributed by atoms with Crippen LogP contribution in [0.4, 0.5) is 11.4 Å². The summed E-state index contributed by atoms with van der Waals surface area (Å²) in [5.74, 6) is -2.10. The third kappa shape index (κ3) is 3.81. The van der Waals surface area contributed by atoms with Gasteiger partial charge in [0.1, 0.15) is 5.84 Å². The van der Waals surface area contributed by atoms with E-state index in [1.54, 1.807) is 31.2 Å². The molecule has 0 aromatic heterocycles. The Bertz CT molecular complexity index is 1150. The number of aromatic carboxylic acids is 1. The topological polar surface area (TPSA) is 155 Å². The maximum absolute atomic E-state index is 13.0. The van der Waals surface area contributed by atoms with Gasteiger partial charge < -0.3 is 30.9 Å². The van der Waals surface area contributed by atoms with Crippen molar-refractivity contribution in [3.05, 3.63) is 58.7 Å². The maximum atomic E-state index is 13.0. The highest BCUT2D eigenvalue weighted by Gasteiger charge is 2.40. The van der Waals surface area contributed by atoms with E-state index in [1.165, 1.54) is 17.0 Å². The maximum Gasteiger partial charge on any atom is 0.336 e. The predicted molar refractivity (Wildman–Crippen MR) is 116 cm³/mol. The second kappa shape index (κ2) is 8.40. The zero-order valence-corrected chi connectivity index (χ0v) is 17.2. The van der Waals surface area contributed by atoms with E-state index in [2.05, 4.69) is 10.3 Å². The molecule has 0 radical (unpaired) electrons. The Balaban J connectivity index is 1.50. The van der Waals surface area contributed by atoms with Gasteiger partial charge in [0.25, 0.3) is 11.8 Å². The number of anilines is 2.